The summed E-state index contributed by atoms with van der Waals surface area (Å²) in [5.74, 6) is -0.221. The summed E-state index contributed by atoms with van der Waals surface area (Å²) in [6.07, 6.45) is 1.30. The van der Waals surface area contributed by atoms with Gasteiger partial charge in [0.05, 0.1) is 6.04 Å². The maximum absolute atomic E-state index is 11.8. The number of carbonyl (C=O) groups excluding carboxylic acids is 2. The number of hydrogen-bond acceptors (Lipinski definition) is 2. The van der Waals surface area contributed by atoms with E-state index in [1.165, 1.54) is 0 Å². The molecule has 1 rings (SSSR count). The first kappa shape index (κ1) is 16.5. The van der Waals surface area contributed by atoms with Crippen LogP contribution in [0.1, 0.15) is 44.7 Å². The molecule has 0 bridgehead atoms. The number of rotatable bonds is 7. The van der Waals surface area contributed by atoms with Crippen LogP contribution in [0.3, 0.4) is 0 Å². The van der Waals surface area contributed by atoms with Crippen LogP contribution in [0, 0.1) is 0 Å². The van der Waals surface area contributed by atoms with E-state index in [0.29, 0.717) is 11.6 Å². The fraction of sp³-hybridized carbons (Fsp3) is 0.467. The van der Waals surface area contributed by atoms with E-state index < -0.39 is 0 Å². The molecule has 0 aromatic heterocycles. The van der Waals surface area contributed by atoms with Gasteiger partial charge in [-0.05, 0) is 31.0 Å². The van der Waals surface area contributed by atoms with Crippen molar-refractivity contribution >= 4 is 23.4 Å². The molecule has 0 radical (unpaired) electrons. The molecule has 0 aliphatic heterocycles. The van der Waals surface area contributed by atoms with Gasteiger partial charge in [0.2, 0.25) is 11.8 Å². The zero-order valence-corrected chi connectivity index (χ0v) is 12.7. The average molecular weight is 297 g/mol. The van der Waals surface area contributed by atoms with Crippen molar-refractivity contribution in [3.8, 4) is 0 Å². The molecule has 1 atom stereocenters. The van der Waals surface area contributed by atoms with E-state index in [1.807, 2.05) is 32.0 Å². The number of amides is 2. The minimum atomic E-state index is -0.135. The molecular weight excluding hydrogens is 276 g/mol. The van der Waals surface area contributed by atoms with Crippen LogP contribution in [0.2, 0.25) is 5.02 Å². The lowest BCUT2D eigenvalue weighted by atomic mass is 10.1. The molecule has 0 saturated carbocycles. The molecule has 4 nitrogen and oxygen atoms in total. The van der Waals surface area contributed by atoms with E-state index in [9.17, 15) is 9.59 Å². The van der Waals surface area contributed by atoms with Gasteiger partial charge in [-0.25, -0.2) is 0 Å². The average Bonchev–Trinajstić information content (AvgIpc) is 2.42. The highest BCUT2D eigenvalue weighted by Crippen LogP contribution is 2.17. The molecule has 0 heterocycles. The highest BCUT2D eigenvalue weighted by molar-refractivity contribution is 6.30. The van der Waals surface area contributed by atoms with Crippen LogP contribution in [-0.2, 0) is 9.59 Å². The van der Waals surface area contributed by atoms with Crippen molar-refractivity contribution in [1.29, 1.82) is 0 Å². The standard InChI is InChI=1S/C15H21ClN2O2/c1-3-9-17-14(19)7-8-15(20)18-11(2)12-5-4-6-13(16)10-12/h4-6,10-11H,3,7-9H2,1-2H3,(H,17,19)(H,18,20)/t11-/m1/s1. The molecule has 0 aliphatic rings. The smallest absolute Gasteiger partial charge is 0.220 e. The molecule has 1 aromatic rings. The molecule has 20 heavy (non-hydrogen) atoms. The summed E-state index contributed by atoms with van der Waals surface area (Å²) >= 11 is 5.91. The van der Waals surface area contributed by atoms with Gasteiger partial charge in [-0.2, -0.15) is 0 Å². The lowest BCUT2D eigenvalue weighted by Gasteiger charge is -2.14. The van der Waals surface area contributed by atoms with Crippen LogP contribution >= 0.6 is 11.6 Å². The van der Waals surface area contributed by atoms with Gasteiger partial charge in [0, 0.05) is 24.4 Å². The number of nitrogens with one attached hydrogen (secondary N) is 2. The third-order valence-electron chi connectivity index (χ3n) is 2.88. The second-order valence-corrected chi connectivity index (χ2v) is 5.13. The van der Waals surface area contributed by atoms with Gasteiger partial charge in [0.1, 0.15) is 0 Å². The maximum Gasteiger partial charge on any atom is 0.220 e. The molecule has 0 fully saturated rings. The Morgan fingerprint density at radius 1 is 1.25 bits per heavy atom. The fourth-order valence-electron chi connectivity index (χ4n) is 1.75. The first-order valence-corrected chi connectivity index (χ1v) is 7.22. The monoisotopic (exact) mass is 296 g/mol. The highest BCUT2D eigenvalue weighted by Gasteiger charge is 2.11. The van der Waals surface area contributed by atoms with Crippen molar-refractivity contribution in [1.82, 2.24) is 10.6 Å². The minimum Gasteiger partial charge on any atom is -0.356 e. The normalized spacial score (nSPS) is 11.8. The quantitative estimate of drug-likeness (QED) is 0.813. The Bertz CT molecular complexity index is 463. The molecular formula is C15H21ClN2O2. The number of benzene rings is 1. The van der Waals surface area contributed by atoms with E-state index in [1.54, 1.807) is 6.07 Å². The van der Waals surface area contributed by atoms with Gasteiger partial charge in [0.15, 0.2) is 0 Å². The van der Waals surface area contributed by atoms with E-state index in [4.69, 9.17) is 11.6 Å². The lowest BCUT2D eigenvalue weighted by Crippen LogP contribution is -2.29. The third-order valence-corrected chi connectivity index (χ3v) is 3.11. The zero-order valence-electron chi connectivity index (χ0n) is 11.9. The second kappa shape index (κ2) is 8.59. The van der Waals surface area contributed by atoms with Crippen LogP contribution < -0.4 is 10.6 Å². The molecule has 2 N–H and O–H groups in total. The molecule has 110 valence electrons. The topological polar surface area (TPSA) is 58.2 Å². The fourth-order valence-corrected chi connectivity index (χ4v) is 1.95. The predicted molar refractivity (Wildman–Crippen MR) is 80.5 cm³/mol. The van der Waals surface area contributed by atoms with Crippen LogP contribution in [0.5, 0.6) is 0 Å². The number of halogens is 1. The Hall–Kier alpha value is -1.55. The lowest BCUT2D eigenvalue weighted by molar-refractivity contribution is -0.126. The Balaban J connectivity index is 2.36. The molecule has 2 amide bonds. The Morgan fingerprint density at radius 3 is 2.60 bits per heavy atom. The molecule has 0 unspecified atom stereocenters. The highest BCUT2D eigenvalue weighted by atomic mass is 35.5. The minimum absolute atomic E-state index is 0.0857. The van der Waals surface area contributed by atoms with Crippen molar-refractivity contribution in [2.45, 2.75) is 39.2 Å². The number of hydrogen-bond donors (Lipinski definition) is 2. The van der Waals surface area contributed by atoms with Gasteiger partial charge in [-0.15, -0.1) is 0 Å². The van der Waals surface area contributed by atoms with Crippen LogP contribution in [-0.4, -0.2) is 18.4 Å². The van der Waals surface area contributed by atoms with E-state index >= 15 is 0 Å². The Kier molecular flexibility index (Phi) is 7.09. The molecule has 0 spiro atoms. The first-order chi connectivity index (χ1) is 9.52. The summed E-state index contributed by atoms with van der Waals surface area (Å²) in [6.45, 7) is 4.53. The summed E-state index contributed by atoms with van der Waals surface area (Å²) in [6, 6.07) is 7.24. The first-order valence-electron chi connectivity index (χ1n) is 6.84. The summed E-state index contributed by atoms with van der Waals surface area (Å²) in [5.41, 5.74) is 0.946. The van der Waals surface area contributed by atoms with E-state index in [2.05, 4.69) is 10.6 Å². The van der Waals surface area contributed by atoms with Gasteiger partial charge in [-0.3, -0.25) is 9.59 Å². The maximum atomic E-state index is 11.8. The largest absolute Gasteiger partial charge is 0.356 e. The van der Waals surface area contributed by atoms with E-state index in [-0.39, 0.29) is 30.7 Å². The Morgan fingerprint density at radius 2 is 1.95 bits per heavy atom. The van der Waals surface area contributed by atoms with Crippen molar-refractivity contribution in [3.05, 3.63) is 34.9 Å². The number of carbonyl (C=O) groups is 2. The third kappa shape index (κ3) is 6.06. The van der Waals surface area contributed by atoms with Crippen molar-refractivity contribution in [2.24, 2.45) is 0 Å². The van der Waals surface area contributed by atoms with Gasteiger partial charge in [-0.1, -0.05) is 30.7 Å². The van der Waals surface area contributed by atoms with Gasteiger partial charge in [0.25, 0.3) is 0 Å². The summed E-state index contributed by atoms with van der Waals surface area (Å²) < 4.78 is 0. The van der Waals surface area contributed by atoms with Gasteiger partial charge >= 0.3 is 0 Å². The Labute approximate surface area is 124 Å². The van der Waals surface area contributed by atoms with Gasteiger partial charge < -0.3 is 10.6 Å². The van der Waals surface area contributed by atoms with Crippen molar-refractivity contribution < 1.29 is 9.59 Å². The molecule has 0 saturated heterocycles. The van der Waals surface area contributed by atoms with Crippen LogP contribution in [0.15, 0.2) is 24.3 Å². The SMILES string of the molecule is CCCNC(=O)CCC(=O)N[C@H](C)c1cccc(Cl)c1. The van der Waals surface area contributed by atoms with Crippen LogP contribution in [0.4, 0.5) is 0 Å². The predicted octanol–water partition coefficient (Wildman–Crippen LogP) is 2.82. The molecule has 5 heteroatoms. The molecule has 1 aromatic carbocycles. The summed E-state index contributed by atoms with van der Waals surface area (Å²) in [7, 11) is 0. The van der Waals surface area contributed by atoms with Crippen molar-refractivity contribution in [3.63, 3.8) is 0 Å². The zero-order chi connectivity index (χ0) is 15.0. The van der Waals surface area contributed by atoms with E-state index in [0.717, 1.165) is 12.0 Å². The summed E-state index contributed by atoms with van der Waals surface area (Å²) in [5, 5.41) is 6.24. The summed E-state index contributed by atoms with van der Waals surface area (Å²) in [4.78, 5) is 23.2. The van der Waals surface area contributed by atoms with Crippen LogP contribution in [0.25, 0.3) is 0 Å². The second-order valence-electron chi connectivity index (χ2n) is 4.69. The van der Waals surface area contributed by atoms with Crippen molar-refractivity contribution in [2.75, 3.05) is 6.54 Å². The molecule has 0 aliphatic carbocycles.